The largest absolute Gasteiger partial charge is 0.454 e. The van der Waals surface area contributed by atoms with Crippen molar-refractivity contribution in [3.8, 4) is 11.5 Å². The van der Waals surface area contributed by atoms with Crippen molar-refractivity contribution in [2.24, 2.45) is 0 Å². The van der Waals surface area contributed by atoms with Crippen LogP contribution in [0, 0.1) is 5.82 Å². The van der Waals surface area contributed by atoms with Crippen LogP contribution in [0.1, 0.15) is 44.7 Å². The number of nitrogens with zero attached hydrogens (tertiary/aromatic N) is 1. The van der Waals surface area contributed by atoms with E-state index >= 15 is 0 Å². The first kappa shape index (κ1) is 22.6. The van der Waals surface area contributed by atoms with Gasteiger partial charge in [0, 0.05) is 24.6 Å². The molecule has 1 N–H and O–H groups in total. The van der Waals surface area contributed by atoms with E-state index in [9.17, 15) is 14.0 Å². The molecule has 2 aromatic carbocycles. The lowest BCUT2D eigenvalue weighted by Gasteiger charge is -2.30. The van der Waals surface area contributed by atoms with Gasteiger partial charge < -0.3 is 19.7 Å². The van der Waals surface area contributed by atoms with Crippen LogP contribution in [-0.2, 0) is 22.6 Å². The number of carbonyl (C=O) groups is 2. The number of halogens is 1. The highest BCUT2D eigenvalue weighted by Crippen LogP contribution is 2.32. The van der Waals surface area contributed by atoms with Gasteiger partial charge in [-0.3, -0.25) is 9.59 Å². The highest BCUT2D eigenvalue weighted by Gasteiger charge is 2.27. The van der Waals surface area contributed by atoms with E-state index in [4.69, 9.17) is 9.47 Å². The van der Waals surface area contributed by atoms with E-state index in [2.05, 4.69) is 5.32 Å². The Morgan fingerprint density at radius 2 is 1.87 bits per heavy atom. The van der Waals surface area contributed by atoms with Gasteiger partial charge in [0.05, 0.1) is 0 Å². The van der Waals surface area contributed by atoms with Crippen LogP contribution < -0.4 is 14.8 Å². The van der Waals surface area contributed by atoms with Crippen LogP contribution in [0.25, 0.3) is 0 Å². The molecule has 1 aliphatic heterocycles. The predicted molar refractivity (Wildman–Crippen MR) is 115 cm³/mol. The summed E-state index contributed by atoms with van der Waals surface area (Å²) in [5.74, 6) is 0.487. The van der Waals surface area contributed by atoms with E-state index in [1.54, 1.807) is 25.1 Å². The second-order valence-corrected chi connectivity index (χ2v) is 7.79. The predicted octanol–water partition coefficient (Wildman–Crippen LogP) is 3.82. The maximum absolute atomic E-state index is 14.3. The summed E-state index contributed by atoms with van der Waals surface area (Å²) in [5.41, 5.74) is 1.31. The van der Waals surface area contributed by atoms with Crippen LogP contribution in [0.15, 0.2) is 42.5 Å². The van der Waals surface area contributed by atoms with Crippen LogP contribution in [-0.4, -0.2) is 35.6 Å². The van der Waals surface area contributed by atoms with Crippen molar-refractivity contribution in [2.75, 3.05) is 6.79 Å². The molecule has 3 rings (SSSR count). The molecule has 0 saturated carbocycles. The van der Waals surface area contributed by atoms with Crippen molar-refractivity contribution in [1.29, 1.82) is 0 Å². The number of fused-ring (bicyclic) bond motifs is 1. The molecule has 166 valence electrons. The first-order valence-corrected chi connectivity index (χ1v) is 10.6. The van der Waals surface area contributed by atoms with Gasteiger partial charge >= 0.3 is 0 Å². The topological polar surface area (TPSA) is 67.9 Å². The lowest BCUT2D eigenvalue weighted by atomic mass is 10.1. The number of benzene rings is 2. The maximum Gasteiger partial charge on any atom is 0.242 e. The summed E-state index contributed by atoms with van der Waals surface area (Å²) in [6.07, 6.45) is 1.45. The van der Waals surface area contributed by atoms with E-state index in [1.807, 2.05) is 32.0 Å². The highest BCUT2D eigenvalue weighted by atomic mass is 19.1. The Morgan fingerprint density at radius 3 is 2.61 bits per heavy atom. The molecule has 0 aromatic heterocycles. The second kappa shape index (κ2) is 10.3. The Kier molecular flexibility index (Phi) is 7.50. The summed E-state index contributed by atoms with van der Waals surface area (Å²) < 4.78 is 25.0. The molecule has 31 heavy (non-hydrogen) atoms. The van der Waals surface area contributed by atoms with Gasteiger partial charge in [0.2, 0.25) is 18.6 Å². The van der Waals surface area contributed by atoms with Gasteiger partial charge in [-0.2, -0.15) is 0 Å². The van der Waals surface area contributed by atoms with Crippen LogP contribution in [0.3, 0.4) is 0 Å². The smallest absolute Gasteiger partial charge is 0.242 e. The lowest BCUT2D eigenvalue weighted by molar-refractivity contribution is -0.140. The molecule has 0 bridgehead atoms. The lowest BCUT2D eigenvalue weighted by Crippen LogP contribution is -2.49. The molecule has 1 heterocycles. The quantitative estimate of drug-likeness (QED) is 0.659. The first-order chi connectivity index (χ1) is 14.9. The third-order valence-corrected chi connectivity index (χ3v) is 5.53. The van der Waals surface area contributed by atoms with Crippen LogP contribution in [0.5, 0.6) is 11.5 Å². The molecule has 6 nitrogen and oxygen atoms in total. The fraction of sp³-hybridized carbons (Fsp3) is 0.417. The summed E-state index contributed by atoms with van der Waals surface area (Å²) in [7, 11) is 0. The molecular formula is C24H29FN2O4. The Labute approximate surface area is 182 Å². The molecule has 0 aliphatic carbocycles. The van der Waals surface area contributed by atoms with Crippen molar-refractivity contribution in [3.05, 3.63) is 59.4 Å². The van der Waals surface area contributed by atoms with Crippen LogP contribution in [0.4, 0.5) is 4.39 Å². The summed E-state index contributed by atoms with van der Waals surface area (Å²) in [4.78, 5) is 27.3. The monoisotopic (exact) mass is 428 g/mol. The molecule has 2 atom stereocenters. The zero-order valence-electron chi connectivity index (χ0n) is 18.2. The number of nitrogens with one attached hydrogen (secondary N) is 1. The van der Waals surface area contributed by atoms with Crippen molar-refractivity contribution in [3.63, 3.8) is 0 Å². The Morgan fingerprint density at radius 1 is 1.13 bits per heavy atom. The van der Waals surface area contributed by atoms with Gasteiger partial charge in [0.1, 0.15) is 11.9 Å². The minimum absolute atomic E-state index is 0.00556. The van der Waals surface area contributed by atoms with Gasteiger partial charge in [-0.15, -0.1) is 0 Å². The van der Waals surface area contributed by atoms with Gasteiger partial charge in [-0.05, 0) is 50.5 Å². The minimum Gasteiger partial charge on any atom is -0.454 e. The molecule has 2 amide bonds. The number of amides is 2. The molecule has 1 aliphatic rings. The standard InChI is InChI=1S/C24H29FN2O4/c1-4-16(2)26-24(29)17(3)27(14-19-7-5-6-8-20(19)25)23(28)12-10-18-9-11-21-22(13-18)31-15-30-21/h5-9,11,13,16-17H,4,10,12,14-15H2,1-3H3,(H,26,29)/t16-,17-/m1/s1. The first-order valence-electron chi connectivity index (χ1n) is 10.6. The third-order valence-electron chi connectivity index (χ3n) is 5.53. The molecule has 0 spiro atoms. The highest BCUT2D eigenvalue weighted by molar-refractivity contribution is 5.87. The van der Waals surface area contributed by atoms with E-state index in [1.165, 1.54) is 11.0 Å². The number of hydrogen-bond acceptors (Lipinski definition) is 4. The Hall–Kier alpha value is -3.09. The molecule has 0 unspecified atom stereocenters. The Bertz CT molecular complexity index is 934. The fourth-order valence-electron chi connectivity index (χ4n) is 3.35. The van der Waals surface area contributed by atoms with E-state index in [-0.39, 0.29) is 37.6 Å². The number of ether oxygens (including phenoxy) is 2. The van der Waals surface area contributed by atoms with Gasteiger partial charge in [-0.25, -0.2) is 4.39 Å². The Balaban J connectivity index is 1.73. The number of carbonyl (C=O) groups excluding carboxylic acids is 2. The number of aryl methyl sites for hydroxylation is 1. The van der Waals surface area contributed by atoms with Crippen LogP contribution >= 0.6 is 0 Å². The fourth-order valence-corrected chi connectivity index (χ4v) is 3.35. The average Bonchev–Trinajstić information content (AvgIpc) is 3.24. The van der Waals surface area contributed by atoms with Gasteiger partial charge in [0.15, 0.2) is 11.5 Å². The molecule has 2 aromatic rings. The third kappa shape index (κ3) is 5.75. The molecule has 0 fully saturated rings. The van der Waals surface area contributed by atoms with E-state index < -0.39 is 11.9 Å². The van der Waals surface area contributed by atoms with Crippen LogP contribution in [0.2, 0.25) is 0 Å². The summed E-state index contributed by atoms with van der Waals surface area (Å²) in [6, 6.07) is 11.1. The number of hydrogen-bond donors (Lipinski definition) is 1. The summed E-state index contributed by atoms with van der Waals surface area (Å²) in [5, 5.41) is 2.91. The van der Waals surface area contributed by atoms with Crippen molar-refractivity contribution < 1.29 is 23.5 Å². The van der Waals surface area contributed by atoms with Gasteiger partial charge in [-0.1, -0.05) is 31.2 Å². The van der Waals surface area contributed by atoms with Gasteiger partial charge in [0.25, 0.3) is 0 Å². The van der Waals surface area contributed by atoms with E-state index in [0.717, 1.165) is 12.0 Å². The van der Waals surface area contributed by atoms with Crippen molar-refractivity contribution >= 4 is 11.8 Å². The molecule has 7 heteroatoms. The average molecular weight is 429 g/mol. The molecule has 0 saturated heterocycles. The van der Waals surface area contributed by atoms with Crippen molar-refractivity contribution in [1.82, 2.24) is 10.2 Å². The second-order valence-electron chi connectivity index (χ2n) is 7.79. The minimum atomic E-state index is -0.724. The zero-order chi connectivity index (χ0) is 22.4. The molecular weight excluding hydrogens is 399 g/mol. The maximum atomic E-state index is 14.3. The zero-order valence-corrected chi connectivity index (χ0v) is 18.2. The summed E-state index contributed by atoms with van der Waals surface area (Å²) in [6.45, 7) is 5.78. The van der Waals surface area contributed by atoms with E-state index in [0.29, 0.717) is 23.5 Å². The summed E-state index contributed by atoms with van der Waals surface area (Å²) >= 11 is 0. The van der Waals surface area contributed by atoms with Crippen molar-refractivity contribution in [2.45, 2.75) is 58.7 Å². The molecule has 0 radical (unpaired) electrons. The normalized spacial score (nSPS) is 14.1. The SMILES string of the molecule is CC[C@@H](C)NC(=O)[C@@H](C)N(Cc1ccccc1F)C(=O)CCc1ccc2c(c1)OCO2. The number of rotatable bonds is 9.